The van der Waals surface area contributed by atoms with Crippen LogP contribution in [0.1, 0.15) is 41.4 Å². The lowest BCUT2D eigenvalue weighted by atomic mass is 10.1. The second-order valence-corrected chi connectivity index (χ2v) is 5.24. The number of nitrogens with zero attached hydrogens (tertiary/aromatic N) is 2. The maximum atomic E-state index is 11.8. The fourth-order valence-corrected chi connectivity index (χ4v) is 2.02. The number of hydrogen-bond acceptors (Lipinski definition) is 4. The highest BCUT2D eigenvalue weighted by atomic mass is 16.1. The molecule has 0 bridgehead atoms. The first kappa shape index (κ1) is 15.9. The average Bonchev–Trinajstić information content (AvgIpc) is 2.54. The van der Waals surface area contributed by atoms with E-state index in [-0.39, 0.29) is 5.91 Å². The number of hydrogen-bond donors (Lipinski definition) is 2. The molecular formula is C17H22N4O. The summed E-state index contributed by atoms with van der Waals surface area (Å²) >= 11 is 0. The van der Waals surface area contributed by atoms with E-state index in [0.29, 0.717) is 24.6 Å². The number of rotatable bonds is 7. The van der Waals surface area contributed by atoms with E-state index < -0.39 is 0 Å². The summed E-state index contributed by atoms with van der Waals surface area (Å²) in [6, 6.07) is 8.27. The standard InChI is InChI=1S/C17H22N4O/c1-3-4-8-18-17(22)15-11-21-16(12-19-15)20-10-14-7-5-6-13(2)9-14/h5-7,9,11-12H,3-4,8,10H2,1-2H3,(H,18,22)(H,20,21). The molecule has 0 aliphatic heterocycles. The summed E-state index contributed by atoms with van der Waals surface area (Å²) in [6.45, 7) is 5.50. The van der Waals surface area contributed by atoms with Gasteiger partial charge < -0.3 is 10.6 Å². The van der Waals surface area contributed by atoms with Crippen molar-refractivity contribution in [2.45, 2.75) is 33.2 Å². The van der Waals surface area contributed by atoms with Crippen molar-refractivity contribution in [2.75, 3.05) is 11.9 Å². The Morgan fingerprint density at radius 3 is 2.77 bits per heavy atom. The number of unbranched alkanes of at least 4 members (excludes halogenated alkanes) is 1. The van der Waals surface area contributed by atoms with Crippen LogP contribution in [0.5, 0.6) is 0 Å². The van der Waals surface area contributed by atoms with Crippen molar-refractivity contribution in [3.63, 3.8) is 0 Å². The van der Waals surface area contributed by atoms with E-state index in [4.69, 9.17) is 0 Å². The Labute approximate surface area is 131 Å². The lowest BCUT2D eigenvalue weighted by Crippen LogP contribution is -2.25. The van der Waals surface area contributed by atoms with Crippen LogP contribution in [0.4, 0.5) is 5.82 Å². The molecule has 116 valence electrons. The third-order valence-electron chi connectivity index (χ3n) is 3.26. The highest BCUT2D eigenvalue weighted by Gasteiger charge is 2.06. The summed E-state index contributed by atoms with van der Waals surface area (Å²) in [5, 5.41) is 6.02. The van der Waals surface area contributed by atoms with E-state index in [1.54, 1.807) is 6.20 Å². The van der Waals surface area contributed by atoms with Gasteiger partial charge in [0.15, 0.2) is 0 Å². The van der Waals surface area contributed by atoms with Gasteiger partial charge in [0, 0.05) is 13.1 Å². The summed E-state index contributed by atoms with van der Waals surface area (Å²) < 4.78 is 0. The van der Waals surface area contributed by atoms with Crippen LogP contribution in [-0.2, 0) is 6.54 Å². The minimum atomic E-state index is -0.175. The van der Waals surface area contributed by atoms with Crippen LogP contribution in [0.3, 0.4) is 0 Å². The zero-order valence-electron chi connectivity index (χ0n) is 13.1. The van der Waals surface area contributed by atoms with E-state index >= 15 is 0 Å². The smallest absolute Gasteiger partial charge is 0.271 e. The normalized spacial score (nSPS) is 10.3. The van der Waals surface area contributed by atoms with Gasteiger partial charge in [0.05, 0.1) is 12.4 Å². The number of carbonyl (C=O) groups is 1. The molecule has 0 aliphatic rings. The van der Waals surface area contributed by atoms with Gasteiger partial charge >= 0.3 is 0 Å². The molecule has 2 aromatic rings. The molecule has 1 amide bonds. The molecule has 2 rings (SSSR count). The van der Waals surface area contributed by atoms with E-state index in [2.05, 4.69) is 52.6 Å². The molecule has 0 unspecified atom stereocenters. The topological polar surface area (TPSA) is 66.9 Å². The third kappa shape index (κ3) is 4.84. The predicted octanol–water partition coefficient (Wildman–Crippen LogP) is 2.93. The Morgan fingerprint density at radius 2 is 2.09 bits per heavy atom. The van der Waals surface area contributed by atoms with Gasteiger partial charge in [-0.3, -0.25) is 4.79 Å². The maximum absolute atomic E-state index is 11.8. The van der Waals surface area contributed by atoms with Gasteiger partial charge in [0.2, 0.25) is 0 Å². The first-order valence-corrected chi connectivity index (χ1v) is 7.58. The number of amides is 1. The molecule has 0 radical (unpaired) electrons. The average molecular weight is 298 g/mol. The first-order chi connectivity index (χ1) is 10.7. The molecule has 22 heavy (non-hydrogen) atoms. The van der Waals surface area contributed by atoms with Crippen molar-refractivity contribution in [3.05, 3.63) is 53.5 Å². The summed E-state index contributed by atoms with van der Waals surface area (Å²) in [5.74, 6) is 0.484. The van der Waals surface area contributed by atoms with Crippen LogP contribution in [-0.4, -0.2) is 22.4 Å². The molecule has 2 N–H and O–H groups in total. The second-order valence-electron chi connectivity index (χ2n) is 5.24. The molecule has 0 atom stereocenters. The van der Waals surface area contributed by atoms with Crippen LogP contribution in [0, 0.1) is 6.92 Å². The van der Waals surface area contributed by atoms with Crippen LogP contribution in [0.25, 0.3) is 0 Å². The van der Waals surface area contributed by atoms with Gasteiger partial charge in [-0.15, -0.1) is 0 Å². The second kappa shape index (κ2) is 8.12. The molecule has 0 fully saturated rings. The molecule has 5 nitrogen and oxygen atoms in total. The summed E-state index contributed by atoms with van der Waals surface area (Å²) in [6.07, 6.45) is 5.10. The van der Waals surface area contributed by atoms with Crippen LogP contribution in [0.15, 0.2) is 36.7 Å². The van der Waals surface area contributed by atoms with E-state index in [1.807, 2.05) is 6.07 Å². The van der Waals surface area contributed by atoms with Gasteiger partial charge in [0.25, 0.3) is 5.91 Å². The van der Waals surface area contributed by atoms with Gasteiger partial charge in [-0.25, -0.2) is 9.97 Å². The molecule has 0 spiro atoms. The van der Waals surface area contributed by atoms with Crippen molar-refractivity contribution in [2.24, 2.45) is 0 Å². The first-order valence-electron chi connectivity index (χ1n) is 7.58. The number of aryl methyl sites for hydroxylation is 1. The number of nitrogens with one attached hydrogen (secondary N) is 2. The lowest BCUT2D eigenvalue weighted by Gasteiger charge is -2.07. The predicted molar refractivity (Wildman–Crippen MR) is 87.8 cm³/mol. The maximum Gasteiger partial charge on any atom is 0.271 e. The van der Waals surface area contributed by atoms with Crippen molar-refractivity contribution >= 4 is 11.7 Å². The van der Waals surface area contributed by atoms with Crippen molar-refractivity contribution in [1.82, 2.24) is 15.3 Å². The SMILES string of the molecule is CCCCNC(=O)c1cnc(NCc2cccc(C)c2)cn1. The van der Waals surface area contributed by atoms with Gasteiger partial charge in [-0.05, 0) is 18.9 Å². The largest absolute Gasteiger partial charge is 0.365 e. The molecule has 0 aliphatic carbocycles. The fraction of sp³-hybridized carbons (Fsp3) is 0.353. The quantitative estimate of drug-likeness (QED) is 0.771. The molecule has 5 heteroatoms. The Bertz CT molecular complexity index is 610. The zero-order chi connectivity index (χ0) is 15.8. The monoisotopic (exact) mass is 298 g/mol. The highest BCUT2D eigenvalue weighted by molar-refractivity contribution is 5.91. The van der Waals surface area contributed by atoms with Gasteiger partial charge in [-0.1, -0.05) is 43.2 Å². The molecule has 1 aromatic carbocycles. The van der Waals surface area contributed by atoms with Crippen LogP contribution >= 0.6 is 0 Å². The Kier molecular flexibility index (Phi) is 5.89. The summed E-state index contributed by atoms with van der Waals surface area (Å²) in [4.78, 5) is 20.2. The summed E-state index contributed by atoms with van der Waals surface area (Å²) in [7, 11) is 0. The molecule has 0 saturated carbocycles. The van der Waals surface area contributed by atoms with Gasteiger partial charge in [-0.2, -0.15) is 0 Å². The zero-order valence-corrected chi connectivity index (χ0v) is 13.1. The number of carbonyl (C=O) groups excluding carboxylic acids is 1. The molecule has 1 heterocycles. The van der Waals surface area contributed by atoms with Gasteiger partial charge in [0.1, 0.15) is 11.5 Å². The number of anilines is 1. The van der Waals surface area contributed by atoms with Crippen molar-refractivity contribution in [1.29, 1.82) is 0 Å². The number of aromatic nitrogens is 2. The number of benzene rings is 1. The fourth-order valence-electron chi connectivity index (χ4n) is 2.02. The van der Waals surface area contributed by atoms with Crippen molar-refractivity contribution in [3.8, 4) is 0 Å². The minimum Gasteiger partial charge on any atom is -0.365 e. The molecule has 0 saturated heterocycles. The molecule has 1 aromatic heterocycles. The molecular weight excluding hydrogens is 276 g/mol. The van der Waals surface area contributed by atoms with E-state index in [9.17, 15) is 4.79 Å². The lowest BCUT2D eigenvalue weighted by molar-refractivity contribution is 0.0948. The van der Waals surface area contributed by atoms with Crippen LogP contribution < -0.4 is 10.6 Å². The Morgan fingerprint density at radius 1 is 1.23 bits per heavy atom. The third-order valence-corrected chi connectivity index (χ3v) is 3.26. The highest BCUT2D eigenvalue weighted by Crippen LogP contribution is 2.07. The van der Waals surface area contributed by atoms with E-state index in [1.165, 1.54) is 17.3 Å². The summed E-state index contributed by atoms with van der Waals surface area (Å²) in [5.41, 5.74) is 2.75. The van der Waals surface area contributed by atoms with Crippen LogP contribution in [0.2, 0.25) is 0 Å². The van der Waals surface area contributed by atoms with E-state index in [0.717, 1.165) is 12.8 Å². The Hall–Kier alpha value is -2.43. The minimum absolute atomic E-state index is 0.175. The Balaban J connectivity index is 1.87. The van der Waals surface area contributed by atoms with Crippen molar-refractivity contribution < 1.29 is 4.79 Å².